The summed E-state index contributed by atoms with van der Waals surface area (Å²) < 4.78 is 69.5. The van der Waals surface area contributed by atoms with Gasteiger partial charge in [0.1, 0.15) is 17.6 Å². The summed E-state index contributed by atoms with van der Waals surface area (Å²) >= 11 is 0. The lowest BCUT2D eigenvalue weighted by atomic mass is 9.91. The van der Waals surface area contributed by atoms with Crippen molar-refractivity contribution >= 4 is 22.5 Å². The fourth-order valence-corrected chi connectivity index (χ4v) is 5.08. The number of rotatable bonds is 7. The van der Waals surface area contributed by atoms with Gasteiger partial charge in [0.05, 0.1) is 44.5 Å². The highest BCUT2D eigenvalue weighted by molar-refractivity contribution is 5.89. The van der Waals surface area contributed by atoms with Crippen molar-refractivity contribution in [1.29, 1.82) is 5.26 Å². The molecule has 39 heavy (non-hydrogen) atoms. The molecule has 204 valence electrons. The number of halogens is 4. The molecule has 5 heterocycles. The molecule has 2 aliphatic heterocycles. The molecular formula is C24H23F4N9O2. The van der Waals surface area contributed by atoms with Gasteiger partial charge in [-0.25, -0.2) is 26.8 Å². The number of nitriles is 1. The van der Waals surface area contributed by atoms with Crippen LogP contribution in [0.15, 0.2) is 30.5 Å². The molecule has 4 aromatic rings. The molecule has 2 saturated heterocycles. The standard InChI is InChI=1S/C24H23F4N9O2/c1-38-21-20-15(14-2-3-16-17(8-14)37(34-32-16)9-19(25)26)4-7-36(20)33-22(31-21)30-18-5-6-35(11-24(18,27)28)23(10-29)12-39-13-23/h2-4,7-8,18-19H,5-6,9,11-13H2,1H3,(H,30,33)/t18-/m1/s1. The molecule has 11 nitrogen and oxygen atoms in total. The average molecular weight is 546 g/mol. The number of methoxy groups -OCH3 is 1. The van der Waals surface area contributed by atoms with Gasteiger partial charge in [-0.05, 0) is 30.2 Å². The van der Waals surface area contributed by atoms with E-state index < -0.39 is 37.0 Å². The van der Waals surface area contributed by atoms with Crippen LogP contribution in [0.3, 0.4) is 0 Å². The molecule has 15 heteroatoms. The van der Waals surface area contributed by atoms with Crippen molar-refractivity contribution in [3.8, 4) is 23.1 Å². The van der Waals surface area contributed by atoms with Crippen LogP contribution < -0.4 is 10.1 Å². The number of alkyl halides is 4. The van der Waals surface area contributed by atoms with Gasteiger partial charge in [0.25, 0.3) is 12.3 Å². The normalized spacial score (nSPS) is 20.7. The van der Waals surface area contributed by atoms with Crippen LogP contribution in [0.4, 0.5) is 23.5 Å². The Labute approximate surface area is 218 Å². The third-order valence-corrected chi connectivity index (χ3v) is 7.21. The van der Waals surface area contributed by atoms with E-state index in [0.29, 0.717) is 27.7 Å². The van der Waals surface area contributed by atoms with Crippen LogP contribution in [0.5, 0.6) is 5.88 Å². The molecule has 1 aromatic carbocycles. The zero-order valence-corrected chi connectivity index (χ0v) is 20.7. The van der Waals surface area contributed by atoms with Crippen molar-refractivity contribution in [2.24, 2.45) is 0 Å². The molecule has 1 atom stereocenters. The third kappa shape index (κ3) is 4.29. The first-order valence-electron chi connectivity index (χ1n) is 12.2. The van der Waals surface area contributed by atoms with E-state index in [1.807, 2.05) is 0 Å². The number of nitrogens with zero attached hydrogens (tertiary/aromatic N) is 8. The van der Waals surface area contributed by atoms with E-state index in [1.54, 1.807) is 30.5 Å². The Morgan fingerprint density at radius 3 is 2.77 bits per heavy atom. The summed E-state index contributed by atoms with van der Waals surface area (Å²) in [5, 5.41) is 24.3. The zero-order valence-electron chi connectivity index (χ0n) is 20.7. The smallest absolute Gasteiger partial charge is 0.280 e. The molecule has 0 radical (unpaired) electrons. The summed E-state index contributed by atoms with van der Waals surface area (Å²) in [6, 6.07) is 7.73. The number of anilines is 1. The largest absolute Gasteiger partial charge is 0.479 e. The van der Waals surface area contributed by atoms with E-state index in [-0.39, 0.29) is 38.0 Å². The quantitative estimate of drug-likeness (QED) is 0.350. The van der Waals surface area contributed by atoms with Crippen molar-refractivity contribution in [3.63, 3.8) is 0 Å². The number of hydrogen-bond acceptors (Lipinski definition) is 9. The van der Waals surface area contributed by atoms with E-state index in [1.165, 1.54) is 16.5 Å². The summed E-state index contributed by atoms with van der Waals surface area (Å²) in [5.74, 6) is -3.06. The van der Waals surface area contributed by atoms with Crippen LogP contribution >= 0.6 is 0 Å². The lowest BCUT2D eigenvalue weighted by Crippen LogP contribution is -2.67. The molecular weight excluding hydrogens is 522 g/mol. The highest BCUT2D eigenvalue weighted by atomic mass is 19.3. The predicted octanol–water partition coefficient (Wildman–Crippen LogP) is 2.83. The van der Waals surface area contributed by atoms with Crippen LogP contribution in [0.25, 0.3) is 27.7 Å². The molecule has 0 aliphatic carbocycles. The molecule has 0 spiro atoms. The van der Waals surface area contributed by atoms with Gasteiger partial charge in [0.15, 0.2) is 5.54 Å². The second-order valence-corrected chi connectivity index (χ2v) is 9.64. The van der Waals surface area contributed by atoms with Crippen LogP contribution in [-0.2, 0) is 11.3 Å². The first-order valence-corrected chi connectivity index (χ1v) is 12.2. The maximum Gasteiger partial charge on any atom is 0.280 e. The number of aromatic nitrogens is 6. The second kappa shape index (κ2) is 9.31. The minimum absolute atomic E-state index is 0.0451. The van der Waals surface area contributed by atoms with E-state index in [2.05, 4.69) is 31.8 Å². The summed E-state index contributed by atoms with van der Waals surface area (Å²) in [5.41, 5.74) is 1.67. The Kier molecular flexibility index (Phi) is 6.03. The fraction of sp³-hybridized carbons (Fsp3) is 0.458. The summed E-state index contributed by atoms with van der Waals surface area (Å²) in [6.07, 6.45) is -0.891. The van der Waals surface area contributed by atoms with Crippen LogP contribution in [0.2, 0.25) is 0 Å². The lowest BCUT2D eigenvalue weighted by molar-refractivity contribution is -0.159. The van der Waals surface area contributed by atoms with Crippen molar-refractivity contribution < 1.29 is 27.0 Å². The Morgan fingerprint density at radius 1 is 1.28 bits per heavy atom. The van der Waals surface area contributed by atoms with Gasteiger partial charge in [-0.3, -0.25) is 4.90 Å². The molecule has 2 aliphatic rings. The first-order chi connectivity index (χ1) is 18.7. The number of piperidine rings is 1. The molecule has 0 bridgehead atoms. The SMILES string of the molecule is COc1nc(N[C@@H]2CCN(C3(C#N)COC3)CC2(F)F)nn2ccc(-c3ccc4nnn(CC(F)F)c4c3)c12. The molecule has 0 unspecified atom stereocenters. The van der Waals surface area contributed by atoms with Crippen molar-refractivity contribution in [2.45, 2.75) is 36.9 Å². The molecule has 2 fully saturated rings. The monoisotopic (exact) mass is 545 g/mol. The Bertz CT molecular complexity index is 1580. The Morgan fingerprint density at radius 2 is 2.10 bits per heavy atom. The van der Waals surface area contributed by atoms with Gasteiger partial charge in [-0.1, -0.05) is 11.3 Å². The second-order valence-electron chi connectivity index (χ2n) is 9.64. The number of hydrogen-bond donors (Lipinski definition) is 1. The third-order valence-electron chi connectivity index (χ3n) is 7.21. The van der Waals surface area contributed by atoms with Crippen molar-refractivity contribution in [2.75, 3.05) is 38.7 Å². The molecule has 3 aromatic heterocycles. The molecule has 0 amide bonds. The van der Waals surface area contributed by atoms with Gasteiger partial charge >= 0.3 is 0 Å². The molecule has 1 N–H and O–H groups in total. The van der Waals surface area contributed by atoms with Crippen molar-refractivity contribution in [1.82, 2.24) is 34.5 Å². The highest BCUT2D eigenvalue weighted by Gasteiger charge is 2.53. The number of fused-ring (bicyclic) bond motifs is 2. The summed E-state index contributed by atoms with van der Waals surface area (Å²) in [7, 11) is 1.41. The fourth-order valence-electron chi connectivity index (χ4n) is 5.08. The van der Waals surface area contributed by atoms with E-state index >= 15 is 8.78 Å². The van der Waals surface area contributed by atoms with Gasteiger partial charge in [0, 0.05) is 18.3 Å². The number of likely N-dealkylation sites (tertiary alicyclic amines) is 1. The Hall–Kier alpha value is -4.03. The van der Waals surface area contributed by atoms with Crippen LogP contribution in [0, 0.1) is 11.3 Å². The summed E-state index contributed by atoms with van der Waals surface area (Å²) in [4.78, 5) is 5.83. The number of nitrogens with one attached hydrogen (secondary N) is 1. The number of benzene rings is 1. The van der Waals surface area contributed by atoms with Gasteiger partial charge in [-0.15, -0.1) is 10.2 Å². The zero-order chi connectivity index (χ0) is 27.4. The first kappa shape index (κ1) is 25.3. The Balaban J connectivity index is 1.29. The van der Waals surface area contributed by atoms with E-state index in [0.717, 1.165) is 4.68 Å². The van der Waals surface area contributed by atoms with E-state index in [9.17, 15) is 14.0 Å². The topological polar surface area (TPSA) is 118 Å². The lowest BCUT2D eigenvalue weighted by Gasteiger charge is -2.49. The van der Waals surface area contributed by atoms with Crippen molar-refractivity contribution in [3.05, 3.63) is 30.5 Å². The number of ether oxygens (including phenoxy) is 2. The van der Waals surface area contributed by atoms with Gasteiger partial charge < -0.3 is 14.8 Å². The van der Waals surface area contributed by atoms with Crippen LogP contribution in [-0.4, -0.2) is 91.8 Å². The minimum Gasteiger partial charge on any atom is -0.479 e. The minimum atomic E-state index is -3.16. The van der Waals surface area contributed by atoms with Gasteiger partial charge in [-0.2, -0.15) is 10.2 Å². The van der Waals surface area contributed by atoms with Gasteiger partial charge in [0.2, 0.25) is 11.8 Å². The maximum absolute atomic E-state index is 15.2. The molecule has 6 rings (SSSR count). The molecule has 0 saturated carbocycles. The van der Waals surface area contributed by atoms with E-state index in [4.69, 9.17) is 9.47 Å². The maximum atomic E-state index is 15.2. The summed E-state index contributed by atoms with van der Waals surface area (Å²) in [6.45, 7) is -0.664. The van der Waals surface area contributed by atoms with Crippen LogP contribution in [0.1, 0.15) is 6.42 Å². The average Bonchev–Trinajstić information content (AvgIpc) is 3.48. The predicted molar refractivity (Wildman–Crippen MR) is 130 cm³/mol. The highest BCUT2D eigenvalue weighted by Crippen LogP contribution is 2.37.